The molecule has 1 heterocycles. The minimum Gasteiger partial charge on any atom is -0.484 e. The van der Waals surface area contributed by atoms with Crippen LogP contribution in [0.5, 0.6) is 5.75 Å². The Morgan fingerprint density at radius 3 is 2.55 bits per heavy atom. The molecule has 29 heavy (non-hydrogen) atoms. The number of hydrogen-bond donors (Lipinski definition) is 0. The molecule has 0 unspecified atom stereocenters. The van der Waals surface area contributed by atoms with E-state index in [4.69, 9.17) is 20.8 Å². The Kier molecular flexibility index (Phi) is 6.23. The number of nitrogens with zero attached hydrogens (tertiary/aromatic N) is 1. The van der Waals surface area contributed by atoms with Crippen LogP contribution in [0, 0.1) is 12.7 Å². The second-order valence-electron chi connectivity index (χ2n) is 6.47. The first-order chi connectivity index (χ1) is 13.9. The fraction of sp³-hybridized carbons (Fsp3) is 0.273. The molecule has 0 N–H and O–H groups in total. The second kappa shape index (κ2) is 8.66. The summed E-state index contributed by atoms with van der Waals surface area (Å²) >= 11 is 6.13. The summed E-state index contributed by atoms with van der Waals surface area (Å²) in [5, 5.41) is 0.405. The average molecular weight is 418 g/mol. The highest BCUT2D eigenvalue weighted by Crippen LogP contribution is 2.32. The van der Waals surface area contributed by atoms with E-state index in [9.17, 15) is 14.0 Å². The Bertz CT molecular complexity index is 1100. The SMILES string of the molecule is CCN(CC)C(=O)COc1ccc2c(=O)c(-c3c(F)cccc3Cl)c(C)oc2c1. The largest absolute Gasteiger partial charge is 0.484 e. The zero-order valence-corrected chi connectivity index (χ0v) is 17.2. The Morgan fingerprint density at radius 1 is 1.17 bits per heavy atom. The van der Waals surface area contributed by atoms with Gasteiger partial charge in [-0.15, -0.1) is 0 Å². The summed E-state index contributed by atoms with van der Waals surface area (Å²) in [6.45, 7) is 6.47. The normalized spacial score (nSPS) is 10.9. The van der Waals surface area contributed by atoms with Gasteiger partial charge in [0.25, 0.3) is 5.91 Å². The van der Waals surface area contributed by atoms with Crippen molar-refractivity contribution in [2.75, 3.05) is 19.7 Å². The van der Waals surface area contributed by atoms with Gasteiger partial charge in [0, 0.05) is 24.7 Å². The predicted octanol–water partition coefficient (Wildman–Crippen LogP) is 4.81. The monoisotopic (exact) mass is 417 g/mol. The molecule has 0 bridgehead atoms. The number of amides is 1. The first-order valence-electron chi connectivity index (χ1n) is 9.29. The molecule has 0 fully saturated rings. The number of carbonyl (C=O) groups is 1. The molecule has 3 aromatic rings. The van der Waals surface area contributed by atoms with Crippen molar-refractivity contribution >= 4 is 28.5 Å². The Hall–Kier alpha value is -2.86. The third-order valence-electron chi connectivity index (χ3n) is 4.73. The van der Waals surface area contributed by atoms with Crippen molar-refractivity contribution in [3.8, 4) is 16.9 Å². The van der Waals surface area contributed by atoms with Crippen LogP contribution in [0.2, 0.25) is 5.02 Å². The van der Waals surface area contributed by atoms with Crippen LogP contribution >= 0.6 is 11.6 Å². The van der Waals surface area contributed by atoms with Gasteiger partial charge >= 0.3 is 0 Å². The molecule has 0 atom stereocenters. The molecule has 3 rings (SSSR count). The van der Waals surface area contributed by atoms with Crippen LogP contribution in [0.3, 0.4) is 0 Å². The first kappa shape index (κ1) is 20.9. The smallest absolute Gasteiger partial charge is 0.260 e. The number of halogens is 2. The van der Waals surface area contributed by atoms with Crippen molar-refractivity contribution in [2.24, 2.45) is 0 Å². The third-order valence-corrected chi connectivity index (χ3v) is 5.05. The Labute approximate surface area is 172 Å². The summed E-state index contributed by atoms with van der Waals surface area (Å²) < 4.78 is 25.7. The molecule has 0 spiro atoms. The van der Waals surface area contributed by atoms with E-state index in [1.54, 1.807) is 24.0 Å². The van der Waals surface area contributed by atoms with E-state index in [0.29, 0.717) is 18.8 Å². The van der Waals surface area contributed by atoms with E-state index in [2.05, 4.69) is 0 Å². The molecule has 1 aromatic heterocycles. The van der Waals surface area contributed by atoms with E-state index in [1.165, 1.54) is 24.3 Å². The van der Waals surface area contributed by atoms with E-state index < -0.39 is 5.82 Å². The maximum absolute atomic E-state index is 14.3. The van der Waals surface area contributed by atoms with Crippen LogP contribution in [-0.2, 0) is 4.79 Å². The molecule has 1 amide bonds. The fourth-order valence-electron chi connectivity index (χ4n) is 3.21. The van der Waals surface area contributed by atoms with E-state index >= 15 is 0 Å². The van der Waals surface area contributed by atoms with E-state index in [0.717, 1.165) is 0 Å². The van der Waals surface area contributed by atoms with Gasteiger partial charge in [0.1, 0.15) is 22.9 Å². The minimum atomic E-state index is -0.595. The van der Waals surface area contributed by atoms with Gasteiger partial charge < -0.3 is 14.1 Å². The molecule has 0 saturated carbocycles. The highest BCUT2D eigenvalue weighted by atomic mass is 35.5. The summed E-state index contributed by atoms with van der Waals surface area (Å²) in [4.78, 5) is 26.8. The first-order valence-corrected chi connectivity index (χ1v) is 9.67. The van der Waals surface area contributed by atoms with Gasteiger partial charge in [0.05, 0.1) is 16.0 Å². The number of rotatable bonds is 6. The van der Waals surface area contributed by atoms with Crippen LogP contribution in [0.4, 0.5) is 4.39 Å². The van der Waals surface area contributed by atoms with Crippen LogP contribution in [0.1, 0.15) is 19.6 Å². The zero-order valence-electron chi connectivity index (χ0n) is 16.4. The Morgan fingerprint density at radius 2 is 1.90 bits per heavy atom. The maximum Gasteiger partial charge on any atom is 0.260 e. The van der Waals surface area contributed by atoms with Gasteiger partial charge in [-0.1, -0.05) is 17.7 Å². The van der Waals surface area contributed by atoms with Crippen molar-refractivity contribution < 1.29 is 18.3 Å². The summed E-state index contributed by atoms with van der Waals surface area (Å²) in [5.41, 5.74) is 0.0106. The highest BCUT2D eigenvalue weighted by molar-refractivity contribution is 6.33. The maximum atomic E-state index is 14.3. The van der Waals surface area contributed by atoms with Crippen LogP contribution in [0.25, 0.3) is 22.1 Å². The molecule has 7 heteroatoms. The van der Waals surface area contributed by atoms with Gasteiger partial charge in [0.2, 0.25) is 5.43 Å². The number of fused-ring (bicyclic) bond motifs is 1. The highest BCUT2D eigenvalue weighted by Gasteiger charge is 2.20. The molecular formula is C22H21ClFNO4. The standard InChI is InChI=1S/C22H21ClFNO4/c1-4-25(5-2)19(26)12-28-14-9-10-15-18(11-14)29-13(3)20(22(15)27)21-16(23)7-6-8-17(21)24/h6-11H,4-5,12H2,1-3H3. The van der Waals surface area contributed by atoms with Gasteiger partial charge in [0.15, 0.2) is 6.61 Å². The summed E-state index contributed by atoms with van der Waals surface area (Å²) in [7, 11) is 0. The van der Waals surface area contributed by atoms with Crippen molar-refractivity contribution in [1.29, 1.82) is 0 Å². The lowest BCUT2D eigenvalue weighted by Gasteiger charge is -2.18. The summed E-state index contributed by atoms with van der Waals surface area (Å²) in [5.74, 6) is -0.0810. The van der Waals surface area contributed by atoms with E-state index in [1.807, 2.05) is 13.8 Å². The lowest BCUT2D eigenvalue weighted by molar-refractivity contribution is -0.132. The number of ether oxygens (including phenoxy) is 1. The number of likely N-dealkylation sites (N-methyl/N-ethyl adjacent to an activating group) is 1. The molecule has 0 aliphatic rings. The molecule has 152 valence electrons. The van der Waals surface area contributed by atoms with Gasteiger partial charge in [-0.2, -0.15) is 0 Å². The molecule has 0 aliphatic carbocycles. The quantitative estimate of drug-likeness (QED) is 0.577. The molecular weight excluding hydrogens is 397 g/mol. The lowest BCUT2D eigenvalue weighted by atomic mass is 10.0. The molecule has 2 aromatic carbocycles. The fourth-order valence-corrected chi connectivity index (χ4v) is 3.47. The number of aryl methyl sites for hydroxylation is 1. The number of hydrogen-bond acceptors (Lipinski definition) is 4. The number of benzene rings is 2. The third kappa shape index (κ3) is 4.12. The van der Waals surface area contributed by atoms with Crippen molar-refractivity contribution in [3.63, 3.8) is 0 Å². The lowest BCUT2D eigenvalue weighted by Crippen LogP contribution is -2.34. The molecule has 0 radical (unpaired) electrons. The van der Waals surface area contributed by atoms with Crippen LogP contribution < -0.4 is 10.2 Å². The summed E-state index contributed by atoms with van der Waals surface area (Å²) in [6, 6.07) is 8.90. The minimum absolute atomic E-state index is 0.0208. The molecule has 0 aliphatic heterocycles. The molecule has 5 nitrogen and oxygen atoms in total. The number of carbonyl (C=O) groups excluding carboxylic acids is 1. The van der Waals surface area contributed by atoms with Crippen molar-refractivity contribution in [3.05, 3.63) is 63.2 Å². The van der Waals surface area contributed by atoms with Crippen LogP contribution in [0.15, 0.2) is 45.6 Å². The van der Waals surface area contributed by atoms with Gasteiger partial charge in [-0.3, -0.25) is 9.59 Å². The second-order valence-corrected chi connectivity index (χ2v) is 6.88. The van der Waals surface area contributed by atoms with E-state index in [-0.39, 0.29) is 50.8 Å². The zero-order chi connectivity index (χ0) is 21.1. The molecule has 0 saturated heterocycles. The average Bonchev–Trinajstić information content (AvgIpc) is 2.69. The van der Waals surface area contributed by atoms with Gasteiger partial charge in [-0.25, -0.2) is 4.39 Å². The summed E-state index contributed by atoms with van der Waals surface area (Å²) in [6.07, 6.45) is 0. The topological polar surface area (TPSA) is 59.8 Å². The van der Waals surface area contributed by atoms with Crippen molar-refractivity contribution in [2.45, 2.75) is 20.8 Å². The predicted molar refractivity (Wildman–Crippen MR) is 111 cm³/mol. The van der Waals surface area contributed by atoms with Crippen molar-refractivity contribution in [1.82, 2.24) is 4.90 Å². The van der Waals surface area contributed by atoms with Gasteiger partial charge in [-0.05, 0) is 45.0 Å². The van der Waals surface area contributed by atoms with Crippen LogP contribution in [-0.4, -0.2) is 30.5 Å². The Balaban J connectivity index is 1.98.